The molecule has 2 N–H and O–H groups in total. The van der Waals surface area contributed by atoms with Gasteiger partial charge in [0.15, 0.2) is 5.78 Å². The second-order valence-electron chi connectivity index (χ2n) is 5.08. The van der Waals surface area contributed by atoms with Gasteiger partial charge in [0.1, 0.15) is 6.10 Å². The Morgan fingerprint density at radius 2 is 2.25 bits per heavy atom. The van der Waals surface area contributed by atoms with Crippen LogP contribution in [0.3, 0.4) is 0 Å². The van der Waals surface area contributed by atoms with Gasteiger partial charge in [-0.15, -0.1) is 0 Å². The molecule has 0 saturated carbocycles. The first-order valence-corrected chi connectivity index (χ1v) is 7.60. The number of rotatable bonds is 6. The first-order valence-electron chi connectivity index (χ1n) is 7.22. The van der Waals surface area contributed by atoms with Gasteiger partial charge in [0, 0.05) is 13.1 Å². The summed E-state index contributed by atoms with van der Waals surface area (Å²) < 4.78 is 7.46. The monoisotopic (exact) mass is 299 g/mol. The fourth-order valence-corrected chi connectivity index (χ4v) is 2.92. The summed E-state index contributed by atoms with van der Waals surface area (Å²) >= 11 is 6.32. The predicted octanol–water partition coefficient (Wildman–Crippen LogP) is 1.74. The number of hydrogen-bond donors (Lipinski definition) is 1. The lowest BCUT2D eigenvalue weighted by Gasteiger charge is -2.12. The van der Waals surface area contributed by atoms with Crippen molar-refractivity contribution in [1.82, 2.24) is 9.78 Å². The second-order valence-corrected chi connectivity index (χ2v) is 5.46. The van der Waals surface area contributed by atoms with Crippen LogP contribution in [0.2, 0.25) is 5.02 Å². The van der Waals surface area contributed by atoms with Gasteiger partial charge in [0.2, 0.25) is 0 Å². The molecule has 1 aromatic rings. The van der Waals surface area contributed by atoms with Crippen LogP contribution in [0.25, 0.3) is 0 Å². The molecule has 1 aliphatic rings. The standard InChI is InChI=1S/C14H22ClN3O2/c1-3-10-14(15)11(18(4-2)17-10)7-12(19)13-6-5-9(8-16)20-13/h9,13H,3-8,16H2,1-2H3. The van der Waals surface area contributed by atoms with E-state index in [-0.39, 0.29) is 24.4 Å². The molecule has 0 spiro atoms. The van der Waals surface area contributed by atoms with Crippen LogP contribution >= 0.6 is 11.6 Å². The Kier molecular flexibility index (Phi) is 5.18. The number of carbonyl (C=O) groups excluding carboxylic acids is 1. The minimum atomic E-state index is -0.343. The minimum absolute atomic E-state index is 0.0155. The highest BCUT2D eigenvalue weighted by molar-refractivity contribution is 6.32. The van der Waals surface area contributed by atoms with Gasteiger partial charge >= 0.3 is 0 Å². The molecule has 1 aromatic heterocycles. The van der Waals surface area contributed by atoms with Gasteiger partial charge in [-0.25, -0.2) is 0 Å². The Morgan fingerprint density at radius 1 is 1.50 bits per heavy atom. The maximum Gasteiger partial charge on any atom is 0.167 e. The topological polar surface area (TPSA) is 70.1 Å². The van der Waals surface area contributed by atoms with Crippen LogP contribution in [-0.2, 0) is 28.9 Å². The Bertz CT molecular complexity index is 487. The SMILES string of the molecule is CCc1nn(CC)c(CC(=O)C2CCC(CN)O2)c1Cl. The molecule has 2 unspecified atom stereocenters. The fourth-order valence-electron chi connectivity index (χ4n) is 2.58. The average molecular weight is 300 g/mol. The summed E-state index contributed by atoms with van der Waals surface area (Å²) in [5, 5.41) is 5.05. The highest BCUT2D eigenvalue weighted by atomic mass is 35.5. The molecule has 2 heterocycles. The summed E-state index contributed by atoms with van der Waals surface area (Å²) in [4.78, 5) is 12.3. The van der Waals surface area contributed by atoms with Crippen molar-refractivity contribution in [2.45, 2.75) is 58.3 Å². The lowest BCUT2D eigenvalue weighted by atomic mass is 10.1. The highest BCUT2D eigenvalue weighted by Crippen LogP contribution is 2.25. The quantitative estimate of drug-likeness (QED) is 0.868. The highest BCUT2D eigenvalue weighted by Gasteiger charge is 2.31. The van der Waals surface area contributed by atoms with Crippen LogP contribution in [0.1, 0.15) is 38.1 Å². The van der Waals surface area contributed by atoms with Gasteiger partial charge in [0.05, 0.1) is 28.9 Å². The van der Waals surface area contributed by atoms with Crippen LogP contribution in [0.4, 0.5) is 0 Å². The van der Waals surface area contributed by atoms with E-state index in [1.807, 2.05) is 18.5 Å². The Morgan fingerprint density at radius 3 is 2.80 bits per heavy atom. The lowest BCUT2D eigenvalue weighted by molar-refractivity contribution is -0.129. The average Bonchev–Trinajstić information content (AvgIpc) is 3.05. The summed E-state index contributed by atoms with van der Waals surface area (Å²) in [5.41, 5.74) is 7.22. The van der Waals surface area contributed by atoms with Crippen LogP contribution in [0, 0.1) is 0 Å². The predicted molar refractivity (Wildman–Crippen MR) is 77.9 cm³/mol. The van der Waals surface area contributed by atoms with Crippen molar-refractivity contribution >= 4 is 17.4 Å². The maximum absolute atomic E-state index is 12.3. The van der Waals surface area contributed by atoms with E-state index in [2.05, 4.69) is 5.10 Å². The number of aryl methyl sites for hydroxylation is 2. The maximum atomic E-state index is 12.3. The number of ketones is 1. The lowest BCUT2D eigenvalue weighted by Crippen LogP contribution is -2.27. The minimum Gasteiger partial charge on any atom is -0.366 e. The summed E-state index contributed by atoms with van der Waals surface area (Å²) in [6.07, 6.45) is 2.32. The zero-order valence-corrected chi connectivity index (χ0v) is 12.8. The van der Waals surface area contributed by atoms with Crippen molar-refractivity contribution in [3.05, 3.63) is 16.4 Å². The molecular formula is C14H22ClN3O2. The van der Waals surface area contributed by atoms with Crippen LogP contribution < -0.4 is 5.73 Å². The van der Waals surface area contributed by atoms with Gasteiger partial charge in [-0.2, -0.15) is 5.10 Å². The number of nitrogens with two attached hydrogens (primary N) is 1. The molecule has 20 heavy (non-hydrogen) atoms. The zero-order valence-electron chi connectivity index (χ0n) is 12.1. The van der Waals surface area contributed by atoms with E-state index in [0.29, 0.717) is 18.1 Å². The Balaban J connectivity index is 2.10. The van der Waals surface area contributed by atoms with Gasteiger partial charge in [-0.1, -0.05) is 18.5 Å². The third kappa shape index (κ3) is 3.05. The van der Waals surface area contributed by atoms with Gasteiger partial charge < -0.3 is 10.5 Å². The Labute approximate surface area is 124 Å². The smallest absolute Gasteiger partial charge is 0.167 e. The molecule has 112 valence electrons. The normalized spacial score (nSPS) is 22.4. The van der Waals surface area contributed by atoms with Crippen molar-refractivity contribution in [2.75, 3.05) is 6.54 Å². The summed E-state index contributed by atoms with van der Waals surface area (Å²) in [6, 6.07) is 0. The summed E-state index contributed by atoms with van der Waals surface area (Å²) in [5.74, 6) is 0.0695. The van der Waals surface area contributed by atoms with E-state index < -0.39 is 0 Å². The van der Waals surface area contributed by atoms with E-state index in [4.69, 9.17) is 22.1 Å². The fraction of sp³-hybridized carbons (Fsp3) is 0.714. The molecule has 0 aliphatic carbocycles. The molecule has 0 bridgehead atoms. The molecule has 0 radical (unpaired) electrons. The van der Waals surface area contributed by atoms with Gasteiger partial charge in [-0.3, -0.25) is 9.48 Å². The number of nitrogens with zero attached hydrogens (tertiary/aromatic N) is 2. The second kappa shape index (κ2) is 6.70. The first-order chi connectivity index (χ1) is 9.60. The molecule has 2 atom stereocenters. The third-order valence-corrected chi connectivity index (χ3v) is 4.20. The summed E-state index contributed by atoms with van der Waals surface area (Å²) in [7, 11) is 0. The van der Waals surface area contributed by atoms with Gasteiger partial charge in [0.25, 0.3) is 0 Å². The molecule has 5 nitrogen and oxygen atoms in total. The van der Waals surface area contributed by atoms with Crippen molar-refractivity contribution < 1.29 is 9.53 Å². The van der Waals surface area contributed by atoms with Gasteiger partial charge in [-0.05, 0) is 26.2 Å². The number of hydrogen-bond acceptors (Lipinski definition) is 4. The number of carbonyl (C=O) groups is 1. The number of aromatic nitrogens is 2. The van der Waals surface area contributed by atoms with Crippen molar-refractivity contribution in [3.8, 4) is 0 Å². The van der Waals surface area contributed by atoms with E-state index in [0.717, 1.165) is 30.7 Å². The molecule has 1 aliphatic heterocycles. The van der Waals surface area contributed by atoms with Crippen molar-refractivity contribution in [3.63, 3.8) is 0 Å². The molecule has 2 rings (SSSR count). The Hall–Kier alpha value is -0.910. The third-order valence-electron chi connectivity index (χ3n) is 3.77. The number of Topliss-reactive ketones (excluding diaryl/α,β-unsaturated/α-hetero) is 1. The summed E-state index contributed by atoms with van der Waals surface area (Å²) in [6.45, 7) is 5.18. The molecule has 1 fully saturated rings. The van der Waals surface area contributed by atoms with E-state index >= 15 is 0 Å². The van der Waals surface area contributed by atoms with E-state index in [1.54, 1.807) is 0 Å². The number of ether oxygens (including phenoxy) is 1. The zero-order chi connectivity index (χ0) is 14.7. The van der Waals surface area contributed by atoms with Crippen LogP contribution in [0.5, 0.6) is 0 Å². The van der Waals surface area contributed by atoms with Crippen molar-refractivity contribution in [2.24, 2.45) is 5.73 Å². The molecule has 0 amide bonds. The van der Waals surface area contributed by atoms with E-state index in [9.17, 15) is 4.79 Å². The largest absolute Gasteiger partial charge is 0.366 e. The first kappa shape index (κ1) is 15.5. The molecule has 0 aromatic carbocycles. The van der Waals surface area contributed by atoms with Crippen LogP contribution in [0.15, 0.2) is 0 Å². The van der Waals surface area contributed by atoms with Crippen LogP contribution in [-0.4, -0.2) is 34.3 Å². The molecule has 6 heteroatoms. The van der Waals surface area contributed by atoms with Crippen molar-refractivity contribution in [1.29, 1.82) is 0 Å². The number of halogens is 1. The van der Waals surface area contributed by atoms with E-state index in [1.165, 1.54) is 0 Å². The molecule has 1 saturated heterocycles. The molecular weight excluding hydrogens is 278 g/mol.